The zero-order chi connectivity index (χ0) is 22.5. The van der Waals surface area contributed by atoms with Gasteiger partial charge in [-0.1, -0.05) is 12.1 Å². The monoisotopic (exact) mass is 441 g/mol. The fourth-order valence-corrected chi connectivity index (χ4v) is 4.50. The number of carbonyl (C=O) groups excluding carboxylic acids is 2. The highest BCUT2D eigenvalue weighted by Crippen LogP contribution is 2.31. The van der Waals surface area contributed by atoms with E-state index in [1.54, 1.807) is 34.3 Å². The zero-order valence-corrected chi connectivity index (χ0v) is 18.2. The summed E-state index contributed by atoms with van der Waals surface area (Å²) in [7, 11) is 0. The van der Waals surface area contributed by atoms with Gasteiger partial charge >= 0.3 is 12.0 Å². The third-order valence-corrected chi connectivity index (χ3v) is 6.16. The van der Waals surface area contributed by atoms with E-state index in [1.165, 1.54) is 5.56 Å². The molecule has 2 atom stereocenters. The van der Waals surface area contributed by atoms with E-state index in [9.17, 15) is 14.1 Å². The van der Waals surface area contributed by atoms with E-state index in [4.69, 9.17) is 4.98 Å². The summed E-state index contributed by atoms with van der Waals surface area (Å²) in [6.45, 7) is 3.95. The lowest BCUT2D eigenvalue weighted by Crippen LogP contribution is -2.37. The van der Waals surface area contributed by atoms with Gasteiger partial charge in [-0.05, 0) is 55.9 Å². The van der Waals surface area contributed by atoms with Gasteiger partial charge in [-0.2, -0.15) is 0 Å². The molecule has 170 valence electrons. The summed E-state index contributed by atoms with van der Waals surface area (Å²) in [5.74, 6) is -0.0329. The molecule has 0 aromatic carbocycles. The number of urea groups is 1. The second-order valence-electron chi connectivity index (χ2n) is 8.38. The van der Waals surface area contributed by atoms with Crippen LogP contribution >= 0.6 is 0 Å². The Morgan fingerprint density at radius 1 is 1.38 bits per heavy atom. The molecule has 1 saturated heterocycles. The number of amides is 2. The third kappa shape index (κ3) is 4.81. The van der Waals surface area contributed by atoms with Gasteiger partial charge in [-0.25, -0.2) is 14.6 Å². The molecular weight excluding hydrogens is 413 g/mol. The molecule has 2 amide bonds. The normalized spacial score (nSPS) is 18.8. The number of carbonyl (C=O) groups is 2. The van der Waals surface area contributed by atoms with Gasteiger partial charge in [0.15, 0.2) is 0 Å². The van der Waals surface area contributed by atoms with Crippen LogP contribution in [0, 0.1) is 0 Å². The fourth-order valence-electron chi connectivity index (χ4n) is 4.50. The first-order chi connectivity index (χ1) is 15.6. The van der Waals surface area contributed by atoms with Gasteiger partial charge in [0, 0.05) is 48.3 Å². The Labute approximate surface area is 186 Å². The number of halogens is 1. The molecule has 0 spiro atoms. The number of pyridine rings is 2. The third-order valence-electron chi connectivity index (χ3n) is 6.16. The van der Waals surface area contributed by atoms with Crippen molar-refractivity contribution < 1.29 is 19.1 Å². The van der Waals surface area contributed by atoms with E-state index >= 15 is 0 Å². The maximum absolute atomic E-state index is 13.2. The highest BCUT2D eigenvalue weighted by atomic mass is 19.3. The summed E-state index contributed by atoms with van der Waals surface area (Å²) in [5, 5.41) is 3.35. The summed E-state index contributed by atoms with van der Waals surface area (Å²) in [6.07, 6.45) is 6.67. The van der Waals surface area contributed by atoms with Crippen LogP contribution in [-0.4, -0.2) is 57.4 Å². The number of hydrogen-bond donors (Lipinski definition) is 1. The molecule has 9 heteroatoms. The van der Waals surface area contributed by atoms with Gasteiger partial charge in [0.1, 0.15) is 5.82 Å². The molecule has 0 aliphatic carbocycles. The van der Waals surface area contributed by atoms with Gasteiger partial charge in [0.05, 0.1) is 12.5 Å². The van der Waals surface area contributed by atoms with Crippen molar-refractivity contribution in [1.29, 1.82) is 0 Å². The van der Waals surface area contributed by atoms with Crippen molar-refractivity contribution in [2.45, 2.75) is 51.1 Å². The standard InChI is InChI=1S/C23H28FN5O3/c1-16-15-29(20(13-21(30)32-24)18-6-2-10-25-14-18)23(31)28(16)12-4-7-19-9-8-17-5-3-11-26-22(17)27-19/h2,6,8-10,14,16,20H,3-5,7,11-13,15H2,1H3,(H,26,27)/t16?,20-/m0/s1. The average molecular weight is 442 g/mol. The molecular formula is C23H28FN5O3. The summed E-state index contributed by atoms with van der Waals surface area (Å²) in [5.41, 5.74) is 2.94. The Balaban J connectivity index is 1.40. The first kappa shape index (κ1) is 22.0. The smallest absolute Gasteiger partial charge is 0.351 e. The summed E-state index contributed by atoms with van der Waals surface area (Å²) >= 11 is 0. The van der Waals surface area contributed by atoms with E-state index in [0.717, 1.165) is 43.7 Å². The second kappa shape index (κ2) is 9.93. The molecule has 0 bridgehead atoms. The van der Waals surface area contributed by atoms with Gasteiger partial charge in [0.2, 0.25) is 0 Å². The lowest BCUT2D eigenvalue weighted by Gasteiger charge is -2.27. The minimum absolute atomic E-state index is 0.0266. The highest BCUT2D eigenvalue weighted by Gasteiger charge is 2.39. The molecule has 2 aromatic heterocycles. The Kier molecular flexibility index (Phi) is 6.82. The van der Waals surface area contributed by atoms with Crippen LogP contribution < -0.4 is 5.32 Å². The lowest BCUT2D eigenvalue weighted by molar-refractivity contribution is -0.184. The predicted octanol–water partition coefficient (Wildman–Crippen LogP) is 3.45. The molecule has 0 saturated carbocycles. The molecule has 1 N–H and O–H groups in total. The summed E-state index contributed by atoms with van der Waals surface area (Å²) in [6, 6.07) is 6.89. The number of aryl methyl sites for hydroxylation is 2. The zero-order valence-electron chi connectivity index (χ0n) is 18.2. The van der Waals surface area contributed by atoms with E-state index in [1.807, 2.05) is 6.92 Å². The molecule has 4 rings (SSSR count). The molecule has 32 heavy (non-hydrogen) atoms. The van der Waals surface area contributed by atoms with Crippen LogP contribution in [0.15, 0.2) is 36.7 Å². The quantitative estimate of drug-likeness (QED) is 0.675. The Bertz CT molecular complexity index is 958. The van der Waals surface area contributed by atoms with Crippen LogP contribution in [0.3, 0.4) is 0 Å². The fraction of sp³-hybridized carbons (Fsp3) is 0.478. The number of fused-ring (bicyclic) bond motifs is 1. The molecule has 2 aliphatic rings. The van der Waals surface area contributed by atoms with Crippen LogP contribution in [0.4, 0.5) is 15.1 Å². The van der Waals surface area contributed by atoms with Crippen LogP contribution in [0.1, 0.15) is 49.0 Å². The van der Waals surface area contributed by atoms with Crippen molar-refractivity contribution in [2.75, 3.05) is 25.0 Å². The van der Waals surface area contributed by atoms with Crippen molar-refractivity contribution in [3.05, 3.63) is 53.5 Å². The van der Waals surface area contributed by atoms with Crippen LogP contribution in [-0.2, 0) is 22.6 Å². The van der Waals surface area contributed by atoms with Gasteiger partial charge in [0.25, 0.3) is 0 Å². The highest BCUT2D eigenvalue weighted by molar-refractivity contribution is 5.79. The maximum Gasteiger partial charge on any atom is 0.351 e. The van der Waals surface area contributed by atoms with Crippen LogP contribution in [0.2, 0.25) is 0 Å². The van der Waals surface area contributed by atoms with E-state index < -0.39 is 12.0 Å². The topological polar surface area (TPSA) is 87.7 Å². The number of nitrogens with zero attached hydrogens (tertiary/aromatic N) is 4. The number of aromatic nitrogens is 2. The largest absolute Gasteiger partial charge is 0.370 e. The van der Waals surface area contributed by atoms with Crippen molar-refractivity contribution in [2.24, 2.45) is 0 Å². The molecule has 0 radical (unpaired) electrons. The predicted molar refractivity (Wildman–Crippen MR) is 116 cm³/mol. The number of anilines is 1. The first-order valence-corrected chi connectivity index (χ1v) is 11.1. The number of nitrogens with one attached hydrogen (secondary N) is 1. The SMILES string of the molecule is CC1CN([C@@H](CC(=O)OF)c2cccnc2)C(=O)N1CCCc1ccc2c(n1)NCCC2. The lowest BCUT2D eigenvalue weighted by atomic mass is 10.0. The summed E-state index contributed by atoms with van der Waals surface area (Å²) in [4.78, 5) is 40.5. The molecule has 1 fully saturated rings. The Morgan fingerprint density at radius 3 is 3.03 bits per heavy atom. The van der Waals surface area contributed by atoms with E-state index in [-0.39, 0.29) is 18.5 Å². The summed E-state index contributed by atoms with van der Waals surface area (Å²) < 4.78 is 12.4. The minimum Gasteiger partial charge on any atom is -0.370 e. The first-order valence-electron chi connectivity index (χ1n) is 11.1. The Hall–Kier alpha value is -3.23. The molecule has 2 aliphatic heterocycles. The van der Waals surface area contributed by atoms with Crippen LogP contribution in [0.25, 0.3) is 0 Å². The second-order valence-corrected chi connectivity index (χ2v) is 8.38. The van der Waals surface area contributed by atoms with Crippen molar-refractivity contribution >= 4 is 17.8 Å². The van der Waals surface area contributed by atoms with E-state index in [2.05, 4.69) is 27.4 Å². The van der Waals surface area contributed by atoms with Gasteiger partial charge in [-0.15, -0.1) is 0 Å². The number of hydrogen-bond acceptors (Lipinski definition) is 6. The van der Waals surface area contributed by atoms with Crippen molar-refractivity contribution in [3.63, 3.8) is 0 Å². The molecule has 4 heterocycles. The molecule has 1 unspecified atom stereocenters. The molecule has 2 aromatic rings. The molecule has 8 nitrogen and oxygen atoms in total. The van der Waals surface area contributed by atoms with Crippen molar-refractivity contribution in [3.8, 4) is 0 Å². The van der Waals surface area contributed by atoms with Crippen molar-refractivity contribution in [1.82, 2.24) is 19.8 Å². The number of rotatable bonds is 8. The van der Waals surface area contributed by atoms with E-state index in [0.29, 0.717) is 18.7 Å². The average Bonchev–Trinajstić information content (AvgIpc) is 3.11. The Morgan fingerprint density at radius 2 is 2.25 bits per heavy atom. The minimum atomic E-state index is -1.01. The van der Waals surface area contributed by atoms with Gasteiger partial charge in [-0.3, -0.25) is 9.93 Å². The maximum atomic E-state index is 13.2. The van der Waals surface area contributed by atoms with Gasteiger partial charge < -0.3 is 15.1 Å². The van der Waals surface area contributed by atoms with Crippen LogP contribution in [0.5, 0.6) is 0 Å².